The molecule has 0 bridgehead atoms. The first-order valence-corrected chi connectivity index (χ1v) is 21.0. The van der Waals surface area contributed by atoms with Crippen molar-refractivity contribution in [2.45, 2.75) is 25.2 Å². The molecule has 2 aliphatic rings. The SMILES string of the molecule is CC1(C)c2ccccc2-c2cc3c(cc21)-c1cc(-c2cccc4oc5ccc(-c6ccc7c(c6)c6ccccc6n7-c6ccccc6)cc5c24)ccc1C3c1ccccc1. The van der Waals surface area contributed by atoms with E-state index in [0.29, 0.717) is 0 Å². The highest BCUT2D eigenvalue weighted by Gasteiger charge is 2.39. The van der Waals surface area contributed by atoms with Crippen LogP contribution in [0.2, 0.25) is 0 Å². The van der Waals surface area contributed by atoms with Gasteiger partial charge in [0.2, 0.25) is 0 Å². The number of aromatic nitrogens is 1. The minimum Gasteiger partial charge on any atom is -0.456 e. The minimum atomic E-state index is -0.0773. The van der Waals surface area contributed by atoms with Crippen LogP contribution in [0.1, 0.15) is 47.6 Å². The van der Waals surface area contributed by atoms with Crippen LogP contribution in [0.4, 0.5) is 0 Å². The van der Waals surface area contributed by atoms with Gasteiger partial charge in [0, 0.05) is 38.6 Å². The van der Waals surface area contributed by atoms with Crippen molar-refractivity contribution in [3.63, 3.8) is 0 Å². The fraction of sp³-hybridized carbons (Fsp3) is 0.0690. The van der Waals surface area contributed by atoms with Gasteiger partial charge in [0.15, 0.2) is 0 Å². The Labute approximate surface area is 348 Å². The molecule has 9 aromatic carbocycles. The molecule has 13 rings (SSSR count). The molecule has 0 spiro atoms. The van der Waals surface area contributed by atoms with Gasteiger partial charge < -0.3 is 8.98 Å². The van der Waals surface area contributed by atoms with Crippen LogP contribution < -0.4 is 0 Å². The minimum absolute atomic E-state index is 0.0773. The van der Waals surface area contributed by atoms with Crippen LogP contribution in [0.3, 0.4) is 0 Å². The molecule has 0 saturated heterocycles. The molecule has 0 N–H and O–H groups in total. The van der Waals surface area contributed by atoms with Crippen molar-refractivity contribution in [2.75, 3.05) is 0 Å². The van der Waals surface area contributed by atoms with Gasteiger partial charge in [0.05, 0.1) is 11.0 Å². The number of rotatable bonds is 4. The first kappa shape index (κ1) is 33.5. The average Bonchev–Trinajstić information content (AvgIpc) is 4.00. The van der Waals surface area contributed by atoms with Crippen molar-refractivity contribution in [2.24, 2.45) is 0 Å². The lowest BCUT2D eigenvalue weighted by Gasteiger charge is -2.22. The van der Waals surface area contributed by atoms with Crippen molar-refractivity contribution >= 4 is 43.7 Å². The molecule has 0 fully saturated rings. The van der Waals surface area contributed by atoms with Gasteiger partial charge in [0.1, 0.15) is 11.2 Å². The highest BCUT2D eigenvalue weighted by molar-refractivity contribution is 6.14. The van der Waals surface area contributed by atoms with Crippen LogP contribution in [0, 0.1) is 0 Å². The van der Waals surface area contributed by atoms with Crippen molar-refractivity contribution in [3.8, 4) is 50.2 Å². The van der Waals surface area contributed by atoms with E-state index in [9.17, 15) is 0 Å². The molecule has 0 saturated carbocycles. The van der Waals surface area contributed by atoms with Gasteiger partial charge in [-0.15, -0.1) is 0 Å². The summed E-state index contributed by atoms with van der Waals surface area (Å²) in [5, 5.41) is 4.78. The zero-order valence-electron chi connectivity index (χ0n) is 33.4. The fourth-order valence-corrected chi connectivity index (χ4v) is 10.9. The van der Waals surface area contributed by atoms with Crippen molar-refractivity contribution in [1.29, 1.82) is 0 Å². The largest absolute Gasteiger partial charge is 0.456 e. The Morgan fingerprint density at radius 1 is 0.417 bits per heavy atom. The third kappa shape index (κ3) is 4.65. The van der Waals surface area contributed by atoms with E-state index < -0.39 is 0 Å². The lowest BCUT2D eigenvalue weighted by molar-refractivity contribution is 0.660. The number of para-hydroxylation sites is 2. The number of furan rings is 1. The van der Waals surface area contributed by atoms with Crippen molar-refractivity contribution in [3.05, 3.63) is 222 Å². The molecule has 2 aromatic heterocycles. The highest BCUT2D eigenvalue weighted by Crippen LogP contribution is 2.56. The van der Waals surface area contributed by atoms with E-state index in [0.717, 1.165) is 21.9 Å². The summed E-state index contributed by atoms with van der Waals surface area (Å²) < 4.78 is 8.98. The summed E-state index contributed by atoms with van der Waals surface area (Å²) in [5.41, 5.74) is 22.3. The molecule has 0 aliphatic heterocycles. The van der Waals surface area contributed by atoms with Gasteiger partial charge in [-0.25, -0.2) is 0 Å². The van der Waals surface area contributed by atoms with Gasteiger partial charge >= 0.3 is 0 Å². The molecule has 0 amide bonds. The zero-order chi connectivity index (χ0) is 39.7. The summed E-state index contributed by atoms with van der Waals surface area (Å²) in [4.78, 5) is 0. The standard InChI is InChI=1S/C58H39NO/c1-58(2)50-21-11-9-18-41(50)46-33-48-45(34-51(46)58)44-32-38(24-27-43(44)56(48)35-14-5-3-6-15-35)40-20-13-23-55-57(40)49-31-37(26-29-54(49)60-55)36-25-28-53-47(30-36)42-19-10-12-22-52(42)59(53)39-16-7-4-8-17-39/h3-34,56H,1-2H3. The van der Waals surface area contributed by atoms with Gasteiger partial charge in [-0.2, -0.15) is 0 Å². The fourth-order valence-electron chi connectivity index (χ4n) is 10.9. The summed E-state index contributed by atoms with van der Waals surface area (Å²) in [6.07, 6.45) is 0. The van der Waals surface area contributed by atoms with E-state index in [-0.39, 0.29) is 11.3 Å². The van der Waals surface area contributed by atoms with Crippen molar-refractivity contribution < 1.29 is 4.42 Å². The molecule has 282 valence electrons. The van der Waals surface area contributed by atoms with E-state index in [2.05, 4.69) is 213 Å². The molecule has 1 unspecified atom stereocenters. The first-order valence-electron chi connectivity index (χ1n) is 21.0. The van der Waals surface area contributed by atoms with E-state index in [1.54, 1.807) is 0 Å². The molecule has 11 aromatic rings. The van der Waals surface area contributed by atoms with Crippen LogP contribution in [0.5, 0.6) is 0 Å². The van der Waals surface area contributed by atoms with E-state index in [4.69, 9.17) is 4.42 Å². The van der Waals surface area contributed by atoms with Gasteiger partial charge in [-0.3, -0.25) is 0 Å². The number of hydrogen-bond acceptors (Lipinski definition) is 1. The van der Waals surface area contributed by atoms with Crippen LogP contribution in [0.15, 0.2) is 199 Å². The topological polar surface area (TPSA) is 18.1 Å². The van der Waals surface area contributed by atoms with Crippen LogP contribution in [-0.4, -0.2) is 4.57 Å². The predicted octanol–water partition coefficient (Wildman–Crippen LogP) is 15.5. The third-order valence-electron chi connectivity index (χ3n) is 13.7. The van der Waals surface area contributed by atoms with Gasteiger partial charge in [-0.1, -0.05) is 141 Å². The first-order chi connectivity index (χ1) is 29.5. The highest BCUT2D eigenvalue weighted by atomic mass is 16.3. The second-order valence-corrected chi connectivity index (χ2v) is 17.2. The Hall–Kier alpha value is -7.42. The maximum absolute atomic E-state index is 6.61. The van der Waals surface area contributed by atoms with Gasteiger partial charge in [0.25, 0.3) is 0 Å². The Kier molecular flexibility index (Phi) is 6.88. The number of benzene rings is 9. The number of hydrogen-bond donors (Lipinski definition) is 0. The molecule has 2 heteroatoms. The third-order valence-corrected chi connectivity index (χ3v) is 13.7. The second-order valence-electron chi connectivity index (χ2n) is 17.2. The Morgan fingerprint density at radius 2 is 1.10 bits per heavy atom. The molecule has 2 nitrogen and oxygen atoms in total. The van der Waals surface area contributed by atoms with Crippen LogP contribution in [0.25, 0.3) is 93.9 Å². The zero-order valence-corrected chi connectivity index (χ0v) is 33.4. The van der Waals surface area contributed by atoms with Crippen molar-refractivity contribution in [1.82, 2.24) is 4.57 Å². The summed E-state index contributed by atoms with van der Waals surface area (Å²) in [7, 11) is 0. The monoisotopic (exact) mass is 765 g/mol. The molecular weight excluding hydrogens is 727 g/mol. The lowest BCUT2D eigenvalue weighted by Crippen LogP contribution is -2.15. The maximum Gasteiger partial charge on any atom is 0.136 e. The van der Waals surface area contributed by atoms with Crippen LogP contribution >= 0.6 is 0 Å². The molecule has 2 aliphatic carbocycles. The number of nitrogens with zero attached hydrogens (tertiary/aromatic N) is 1. The summed E-state index contributed by atoms with van der Waals surface area (Å²) in [6, 6.07) is 71.7. The van der Waals surface area contributed by atoms with Crippen LogP contribution in [-0.2, 0) is 5.41 Å². The molecule has 2 heterocycles. The Morgan fingerprint density at radius 3 is 1.97 bits per heavy atom. The Bertz CT molecular complexity index is 3570. The number of fused-ring (bicyclic) bond motifs is 12. The van der Waals surface area contributed by atoms with E-state index in [1.165, 1.54) is 99.8 Å². The van der Waals surface area contributed by atoms with E-state index >= 15 is 0 Å². The Balaban J connectivity index is 0.975. The normalized spacial score (nSPS) is 14.8. The summed E-state index contributed by atoms with van der Waals surface area (Å²) in [6.45, 7) is 4.76. The summed E-state index contributed by atoms with van der Waals surface area (Å²) >= 11 is 0. The van der Waals surface area contributed by atoms with E-state index in [1.807, 2.05) is 0 Å². The predicted molar refractivity (Wildman–Crippen MR) is 249 cm³/mol. The average molecular weight is 766 g/mol. The molecular formula is C58H39NO. The molecule has 0 radical (unpaired) electrons. The molecule has 1 atom stereocenters. The summed E-state index contributed by atoms with van der Waals surface area (Å²) in [5.74, 6) is 0.165. The lowest BCUT2D eigenvalue weighted by atomic mass is 9.81. The molecule has 60 heavy (non-hydrogen) atoms. The smallest absolute Gasteiger partial charge is 0.136 e. The maximum atomic E-state index is 6.61. The second kappa shape index (κ2) is 12.3. The van der Waals surface area contributed by atoms with Gasteiger partial charge in [-0.05, 0) is 139 Å². The quantitative estimate of drug-likeness (QED) is 0.174.